The van der Waals surface area contributed by atoms with Crippen molar-refractivity contribution >= 4 is 24.6 Å². The van der Waals surface area contributed by atoms with Crippen molar-refractivity contribution in [3.8, 4) is 0 Å². The molecule has 0 bridgehead atoms. The van der Waals surface area contributed by atoms with Gasteiger partial charge in [-0.2, -0.15) is 12.6 Å². The van der Waals surface area contributed by atoms with Crippen LogP contribution in [0.25, 0.3) is 0 Å². The summed E-state index contributed by atoms with van der Waals surface area (Å²) in [5, 5.41) is 2.89. The van der Waals surface area contributed by atoms with Gasteiger partial charge < -0.3 is 5.32 Å². The van der Waals surface area contributed by atoms with E-state index in [9.17, 15) is 9.59 Å². The van der Waals surface area contributed by atoms with Crippen molar-refractivity contribution in [2.75, 3.05) is 12.3 Å². The number of carbonyl (C=O) groups excluding carboxylic acids is 2. The lowest BCUT2D eigenvalue weighted by Crippen LogP contribution is -2.45. The molecule has 22 heavy (non-hydrogen) atoms. The Kier molecular flexibility index (Phi) is 3.90. The number of carbonyl (C=O) groups is 2. The van der Waals surface area contributed by atoms with Gasteiger partial charge in [-0.3, -0.25) is 9.69 Å². The molecule has 4 nitrogen and oxygen atoms in total. The molecule has 1 aliphatic heterocycles. The molecular formula is C17H16N2O2S. The minimum absolute atomic E-state index is 0.260. The molecule has 1 aliphatic rings. The third-order valence-corrected chi connectivity index (χ3v) is 4.04. The quantitative estimate of drug-likeness (QED) is 0.673. The summed E-state index contributed by atoms with van der Waals surface area (Å²) >= 11 is 4.13. The number of benzene rings is 2. The Balaban J connectivity index is 2.18. The third-order valence-electron chi connectivity index (χ3n) is 3.84. The van der Waals surface area contributed by atoms with E-state index in [1.165, 1.54) is 4.90 Å². The maximum absolute atomic E-state index is 13.0. The number of imide groups is 1. The van der Waals surface area contributed by atoms with E-state index in [0.717, 1.165) is 11.1 Å². The van der Waals surface area contributed by atoms with Crippen LogP contribution in [0.2, 0.25) is 0 Å². The van der Waals surface area contributed by atoms with E-state index in [1.807, 2.05) is 60.7 Å². The first-order valence-electron chi connectivity index (χ1n) is 7.06. The van der Waals surface area contributed by atoms with Crippen LogP contribution < -0.4 is 5.32 Å². The molecule has 0 spiro atoms. The monoisotopic (exact) mass is 312 g/mol. The number of hydrogen-bond acceptors (Lipinski definition) is 3. The molecule has 1 N–H and O–H groups in total. The molecule has 0 saturated carbocycles. The van der Waals surface area contributed by atoms with Crippen LogP contribution >= 0.6 is 12.6 Å². The molecule has 0 radical (unpaired) electrons. The minimum Gasteiger partial charge on any atom is -0.315 e. The SMILES string of the molecule is O=C1NC(c2ccccc2)(c2ccccc2)C(=O)N1CCS. The average Bonchev–Trinajstić information content (AvgIpc) is 2.82. The molecule has 0 unspecified atom stereocenters. The standard InChI is InChI=1S/C17H16N2O2S/c20-15-17(13-7-3-1-4-8-13,14-9-5-2-6-10-14)18-16(21)19(15)11-12-22/h1-10,22H,11-12H2,(H,18,21). The second-order valence-corrected chi connectivity index (χ2v) is 5.54. The van der Waals surface area contributed by atoms with Crippen LogP contribution in [0.1, 0.15) is 11.1 Å². The van der Waals surface area contributed by atoms with Gasteiger partial charge in [0, 0.05) is 12.3 Å². The maximum atomic E-state index is 13.0. The van der Waals surface area contributed by atoms with Gasteiger partial charge in [-0.05, 0) is 11.1 Å². The van der Waals surface area contributed by atoms with E-state index >= 15 is 0 Å². The number of urea groups is 1. The van der Waals surface area contributed by atoms with Crippen LogP contribution in [-0.2, 0) is 10.3 Å². The number of hydrogen-bond donors (Lipinski definition) is 2. The van der Waals surface area contributed by atoms with Crippen molar-refractivity contribution < 1.29 is 9.59 Å². The Hall–Kier alpha value is -2.27. The molecule has 0 aromatic heterocycles. The van der Waals surface area contributed by atoms with Gasteiger partial charge in [-0.15, -0.1) is 0 Å². The van der Waals surface area contributed by atoms with E-state index in [-0.39, 0.29) is 18.5 Å². The van der Waals surface area contributed by atoms with E-state index in [1.54, 1.807) is 0 Å². The number of amides is 3. The molecule has 2 aromatic carbocycles. The first-order valence-corrected chi connectivity index (χ1v) is 7.69. The fraction of sp³-hybridized carbons (Fsp3) is 0.176. The number of nitrogens with one attached hydrogen (secondary N) is 1. The highest BCUT2D eigenvalue weighted by molar-refractivity contribution is 7.80. The van der Waals surface area contributed by atoms with Gasteiger partial charge in [0.25, 0.3) is 5.91 Å². The second kappa shape index (κ2) is 5.85. The highest BCUT2D eigenvalue weighted by atomic mass is 32.1. The van der Waals surface area contributed by atoms with E-state index in [2.05, 4.69) is 17.9 Å². The summed E-state index contributed by atoms with van der Waals surface area (Å²) in [6.07, 6.45) is 0. The largest absolute Gasteiger partial charge is 0.325 e. The number of thiol groups is 1. The fourth-order valence-corrected chi connectivity index (χ4v) is 3.01. The summed E-state index contributed by atoms with van der Waals surface area (Å²) in [4.78, 5) is 26.6. The van der Waals surface area contributed by atoms with Gasteiger partial charge in [0.1, 0.15) is 0 Å². The van der Waals surface area contributed by atoms with Gasteiger partial charge in [0.15, 0.2) is 5.54 Å². The zero-order valence-corrected chi connectivity index (χ0v) is 12.8. The topological polar surface area (TPSA) is 49.4 Å². The molecule has 3 amide bonds. The van der Waals surface area contributed by atoms with E-state index in [0.29, 0.717) is 5.75 Å². The Labute approximate surface area is 134 Å². The number of nitrogens with zero attached hydrogens (tertiary/aromatic N) is 1. The number of rotatable bonds is 4. The summed E-state index contributed by atoms with van der Waals surface area (Å²) in [7, 11) is 0. The first-order chi connectivity index (χ1) is 10.7. The average molecular weight is 312 g/mol. The smallest absolute Gasteiger partial charge is 0.315 e. The van der Waals surface area contributed by atoms with Crippen LogP contribution in [-0.4, -0.2) is 29.1 Å². The first kappa shape index (κ1) is 14.7. The van der Waals surface area contributed by atoms with Gasteiger partial charge >= 0.3 is 6.03 Å². The Bertz CT molecular complexity index is 649. The zero-order valence-electron chi connectivity index (χ0n) is 11.9. The summed E-state index contributed by atoms with van der Waals surface area (Å²) in [6.45, 7) is 0.287. The van der Waals surface area contributed by atoms with Crippen molar-refractivity contribution in [2.45, 2.75) is 5.54 Å². The Morgan fingerprint density at radius 3 is 1.86 bits per heavy atom. The molecule has 1 heterocycles. The van der Waals surface area contributed by atoms with Gasteiger partial charge in [0.2, 0.25) is 0 Å². The molecule has 1 fully saturated rings. The lowest BCUT2D eigenvalue weighted by Gasteiger charge is -2.27. The molecule has 0 aliphatic carbocycles. The predicted molar refractivity (Wildman–Crippen MR) is 87.8 cm³/mol. The highest BCUT2D eigenvalue weighted by Crippen LogP contribution is 2.35. The van der Waals surface area contributed by atoms with Crippen molar-refractivity contribution in [1.82, 2.24) is 10.2 Å². The molecule has 3 rings (SSSR count). The minimum atomic E-state index is -1.16. The van der Waals surface area contributed by atoms with E-state index < -0.39 is 5.54 Å². The van der Waals surface area contributed by atoms with Gasteiger partial charge in [-0.25, -0.2) is 4.79 Å². The molecule has 112 valence electrons. The molecule has 0 atom stereocenters. The van der Waals surface area contributed by atoms with Gasteiger partial charge in [-0.1, -0.05) is 60.7 Å². The van der Waals surface area contributed by atoms with Crippen molar-refractivity contribution in [1.29, 1.82) is 0 Å². The predicted octanol–water partition coefficient (Wildman–Crippen LogP) is 2.41. The van der Waals surface area contributed by atoms with Crippen molar-refractivity contribution in [3.05, 3.63) is 71.8 Å². The molecular weight excluding hydrogens is 296 g/mol. The van der Waals surface area contributed by atoms with Crippen LogP contribution in [0.15, 0.2) is 60.7 Å². The normalized spacial score (nSPS) is 16.7. The second-order valence-electron chi connectivity index (χ2n) is 5.09. The lowest BCUT2D eigenvalue weighted by molar-refractivity contribution is -0.130. The zero-order chi connectivity index (χ0) is 15.6. The summed E-state index contributed by atoms with van der Waals surface area (Å²) in [5.74, 6) is 0.169. The summed E-state index contributed by atoms with van der Waals surface area (Å²) < 4.78 is 0. The van der Waals surface area contributed by atoms with Crippen molar-refractivity contribution in [3.63, 3.8) is 0 Å². The van der Waals surface area contributed by atoms with Gasteiger partial charge in [0.05, 0.1) is 0 Å². The van der Waals surface area contributed by atoms with Crippen LogP contribution in [0, 0.1) is 0 Å². The molecule has 5 heteroatoms. The van der Waals surface area contributed by atoms with Crippen molar-refractivity contribution in [2.24, 2.45) is 0 Å². The van der Waals surface area contributed by atoms with E-state index in [4.69, 9.17) is 0 Å². The summed E-state index contributed by atoms with van der Waals surface area (Å²) in [5.41, 5.74) is 0.338. The molecule has 2 aromatic rings. The third kappa shape index (κ3) is 2.18. The summed E-state index contributed by atoms with van der Waals surface area (Å²) in [6, 6.07) is 18.3. The lowest BCUT2D eigenvalue weighted by atomic mass is 9.82. The highest BCUT2D eigenvalue weighted by Gasteiger charge is 2.53. The maximum Gasteiger partial charge on any atom is 0.325 e. The van der Waals surface area contributed by atoms with Crippen LogP contribution in [0.4, 0.5) is 4.79 Å². The van der Waals surface area contributed by atoms with Crippen LogP contribution in [0.5, 0.6) is 0 Å². The molecule has 1 saturated heterocycles. The van der Waals surface area contributed by atoms with Crippen LogP contribution in [0.3, 0.4) is 0 Å². The fourth-order valence-electron chi connectivity index (χ4n) is 2.81. The Morgan fingerprint density at radius 1 is 0.909 bits per heavy atom. The Morgan fingerprint density at radius 2 is 1.41 bits per heavy atom.